The third-order valence-corrected chi connectivity index (χ3v) is 5.66. The fourth-order valence-corrected chi connectivity index (χ4v) is 4.25. The van der Waals surface area contributed by atoms with E-state index in [0.717, 1.165) is 32.2 Å². The van der Waals surface area contributed by atoms with Gasteiger partial charge in [-0.25, -0.2) is 0 Å². The summed E-state index contributed by atoms with van der Waals surface area (Å²) in [4.78, 5) is 26.3. The number of aliphatic carboxylic acids is 1. The van der Waals surface area contributed by atoms with Gasteiger partial charge in [0.25, 0.3) is 0 Å². The maximum absolute atomic E-state index is 13.1. The lowest BCUT2D eigenvalue weighted by molar-refractivity contribution is -0.142. The third kappa shape index (κ3) is 3.97. The number of carboxylic acid groups (broad SMARTS) is 1. The highest BCUT2D eigenvalue weighted by atomic mass is 16.4. The van der Waals surface area contributed by atoms with E-state index >= 15 is 0 Å². The van der Waals surface area contributed by atoms with Gasteiger partial charge in [-0.05, 0) is 44.1 Å². The average molecular weight is 329 g/mol. The van der Waals surface area contributed by atoms with Crippen LogP contribution in [-0.4, -0.2) is 34.5 Å². The van der Waals surface area contributed by atoms with Crippen LogP contribution in [0.2, 0.25) is 0 Å². The SMILES string of the molecule is O=C(O)[C@@H]1CC[C@H](C(=O)N(CCc2ccccc2)C2CCCC2)C1. The molecule has 2 atom stereocenters. The summed E-state index contributed by atoms with van der Waals surface area (Å²) in [5.74, 6) is -0.982. The first-order chi connectivity index (χ1) is 11.6. The van der Waals surface area contributed by atoms with Crippen molar-refractivity contribution in [3.8, 4) is 0 Å². The van der Waals surface area contributed by atoms with Crippen LogP contribution in [0.4, 0.5) is 0 Å². The van der Waals surface area contributed by atoms with E-state index in [1.807, 2.05) is 18.2 Å². The molecule has 0 heterocycles. The van der Waals surface area contributed by atoms with Crippen molar-refractivity contribution in [1.29, 1.82) is 0 Å². The van der Waals surface area contributed by atoms with Crippen LogP contribution in [0.25, 0.3) is 0 Å². The van der Waals surface area contributed by atoms with E-state index in [2.05, 4.69) is 17.0 Å². The number of nitrogens with zero attached hydrogens (tertiary/aromatic N) is 1. The molecule has 1 amide bonds. The number of benzene rings is 1. The first-order valence-corrected chi connectivity index (χ1v) is 9.22. The second-order valence-corrected chi connectivity index (χ2v) is 7.25. The van der Waals surface area contributed by atoms with Crippen molar-refractivity contribution in [1.82, 2.24) is 4.90 Å². The summed E-state index contributed by atoms with van der Waals surface area (Å²) in [5, 5.41) is 9.19. The summed E-state index contributed by atoms with van der Waals surface area (Å²) < 4.78 is 0. The molecule has 0 bridgehead atoms. The summed E-state index contributed by atoms with van der Waals surface area (Å²) in [6.07, 6.45) is 7.34. The Balaban J connectivity index is 1.65. The first-order valence-electron chi connectivity index (χ1n) is 9.22. The van der Waals surface area contributed by atoms with Crippen LogP contribution in [0.15, 0.2) is 30.3 Å². The molecule has 4 heteroatoms. The van der Waals surface area contributed by atoms with Gasteiger partial charge in [-0.1, -0.05) is 43.2 Å². The van der Waals surface area contributed by atoms with Crippen molar-refractivity contribution < 1.29 is 14.7 Å². The van der Waals surface area contributed by atoms with Crippen molar-refractivity contribution >= 4 is 11.9 Å². The maximum Gasteiger partial charge on any atom is 0.306 e. The van der Waals surface area contributed by atoms with Crippen LogP contribution in [-0.2, 0) is 16.0 Å². The van der Waals surface area contributed by atoms with Crippen LogP contribution < -0.4 is 0 Å². The Morgan fingerprint density at radius 3 is 2.29 bits per heavy atom. The van der Waals surface area contributed by atoms with E-state index in [1.165, 1.54) is 18.4 Å². The highest BCUT2D eigenvalue weighted by Gasteiger charge is 2.38. The number of carboxylic acids is 1. The molecule has 2 fully saturated rings. The minimum absolute atomic E-state index is 0.0949. The molecular weight excluding hydrogens is 302 g/mol. The van der Waals surface area contributed by atoms with Gasteiger partial charge < -0.3 is 10.0 Å². The van der Waals surface area contributed by atoms with E-state index in [-0.39, 0.29) is 17.7 Å². The minimum atomic E-state index is -0.748. The molecule has 0 saturated heterocycles. The molecule has 2 saturated carbocycles. The third-order valence-electron chi connectivity index (χ3n) is 5.66. The van der Waals surface area contributed by atoms with E-state index in [0.29, 0.717) is 18.9 Å². The Labute approximate surface area is 143 Å². The van der Waals surface area contributed by atoms with Gasteiger partial charge in [-0.3, -0.25) is 9.59 Å². The number of carbonyl (C=O) groups excluding carboxylic acids is 1. The van der Waals surface area contributed by atoms with E-state index in [4.69, 9.17) is 0 Å². The van der Waals surface area contributed by atoms with E-state index in [9.17, 15) is 14.7 Å². The van der Waals surface area contributed by atoms with Gasteiger partial charge in [0.2, 0.25) is 5.91 Å². The summed E-state index contributed by atoms with van der Waals surface area (Å²) in [5.41, 5.74) is 1.25. The van der Waals surface area contributed by atoms with Crippen LogP contribution >= 0.6 is 0 Å². The Morgan fingerprint density at radius 1 is 1.00 bits per heavy atom. The molecule has 2 aliphatic carbocycles. The molecule has 4 nitrogen and oxygen atoms in total. The molecule has 0 unspecified atom stereocenters. The second kappa shape index (κ2) is 7.82. The standard InChI is InChI=1S/C20H27NO3/c22-19(16-10-11-17(14-16)20(23)24)21(18-8-4-5-9-18)13-12-15-6-2-1-3-7-15/h1-3,6-7,16-18H,4-5,8-14H2,(H,23,24)/t16-,17+/m0/s1. The summed E-state index contributed by atoms with van der Waals surface area (Å²) in [7, 11) is 0. The highest BCUT2D eigenvalue weighted by molar-refractivity contribution is 5.81. The zero-order valence-corrected chi connectivity index (χ0v) is 14.2. The molecule has 0 spiro atoms. The van der Waals surface area contributed by atoms with E-state index in [1.54, 1.807) is 0 Å². The van der Waals surface area contributed by atoms with Crippen molar-refractivity contribution in [2.24, 2.45) is 11.8 Å². The second-order valence-electron chi connectivity index (χ2n) is 7.25. The molecule has 130 valence electrons. The zero-order valence-electron chi connectivity index (χ0n) is 14.2. The number of hydrogen-bond acceptors (Lipinski definition) is 2. The summed E-state index contributed by atoms with van der Waals surface area (Å²) in [6.45, 7) is 0.752. The predicted molar refractivity (Wildman–Crippen MR) is 92.6 cm³/mol. The molecule has 0 aliphatic heterocycles. The van der Waals surface area contributed by atoms with E-state index < -0.39 is 5.97 Å². The van der Waals surface area contributed by atoms with Gasteiger partial charge in [0.05, 0.1) is 5.92 Å². The fourth-order valence-electron chi connectivity index (χ4n) is 4.25. The van der Waals surface area contributed by atoms with Gasteiger partial charge in [-0.2, -0.15) is 0 Å². The number of carbonyl (C=O) groups is 2. The monoisotopic (exact) mass is 329 g/mol. The lowest BCUT2D eigenvalue weighted by atomic mass is 10.0. The van der Waals surface area contributed by atoms with Gasteiger partial charge >= 0.3 is 5.97 Å². The maximum atomic E-state index is 13.1. The van der Waals surface area contributed by atoms with Crippen molar-refractivity contribution in [3.05, 3.63) is 35.9 Å². The molecular formula is C20H27NO3. The Kier molecular flexibility index (Phi) is 5.54. The molecule has 1 aromatic carbocycles. The normalized spacial score (nSPS) is 24.2. The minimum Gasteiger partial charge on any atom is -0.481 e. The zero-order chi connectivity index (χ0) is 16.9. The Bertz CT molecular complexity index is 566. The van der Waals surface area contributed by atoms with Crippen molar-refractivity contribution in [3.63, 3.8) is 0 Å². The molecule has 0 aromatic heterocycles. The fraction of sp³-hybridized carbons (Fsp3) is 0.600. The largest absolute Gasteiger partial charge is 0.481 e. The smallest absolute Gasteiger partial charge is 0.306 e. The first kappa shape index (κ1) is 17.0. The lowest BCUT2D eigenvalue weighted by Crippen LogP contribution is -2.43. The number of amides is 1. The van der Waals surface area contributed by atoms with Gasteiger partial charge in [0.15, 0.2) is 0 Å². The molecule has 3 rings (SSSR count). The summed E-state index contributed by atoms with van der Waals surface area (Å²) in [6, 6.07) is 10.6. The molecule has 24 heavy (non-hydrogen) atoms. The van der Waals surface area contributed by atoms with Gasteiger partial charge in [-0.15, -0.1) is 0 Å². The summed E-state index contributed by atoms with van der Waals surface area (Å²) >= 11 is 0. The number of hydrogen-bond donors (Lipinski definition) is 1. The lowest BCUT2D eigenvalue weighted by Gasteiger charge is -2.31. The molecule has 1 aromatic rings. The van der Waals surface area contributed by atoms with Gasteiger partial charge in [0, 0.05) is 18.5 Å². The molecule has 0 radical (unpaired) electrons. The predicted octanol–water partition coefficient (Wildman–Crippen LogP) is 3.50. The number of rotatable bonds is 6. The van der Waals surface area contributed by atoms with Crippen molar-refractivity contribution in [2.75, 3.05) is 6.54 Å². The van der Waals surface area contributed by atoms with Crippen LogP contribution in [0.3, 0.4) is 0 Å². The van der Waals surface area contributed by atoms with Gasteiger partial charge in [0.1, 0.15) is 0 Å². The molecule has 1 N–H and O–H groups in total. The topological polar surface area (TPSA) is 57.6 Å². The average Bonchev–Trinajstić information content (AvgIpc) is 3.28. The van der Waals surface area contributed by atoms with Crippen molar-refractivity contribution in [2.45, 2.75) is 57.4 Å². The van der Waals surface area contributed by atoms with Crippen LogP contribution in [0, 0.1) is 11.8 Å². The van der Waals surface area contributed by atoms with Crippen LogP contribution in [0.1, 0.15) is 50.5 Å². The van der Waals surface area contributed by atoms with Crippen LogP contribution in [0.5, 0.6) is 0 Å². The quantitative estimate of drug-likeness (QED) is 0.869. The Morgan fingerprint density at radius 2 is 1.67 bits per heavy atom. The molecule has 2 aliphatic rings. The Hall–Kier alpha value is -1.84. The highest BCUT2D eigenvalue weighted by Crippen LogP contribution is 2.34.